The van der Waals surface area contributed by atoms with Crippen LogP contribution in [-0.4, -0.2) is 12.6 Å². The summed E-state index contributed by atoms with van der Waals surface area (Å²) in [5.41, 5.74) is 1.26. The third-order valence-electron chi connectivity index (χ3n) is 4.72. The summed E-state index contributed by atoms with van der Waals surface area (Å²) in [6.45, 7) is 8.53. The Labute approximate surface area is 95.0 Å². The summed E-state index contributed by atoms with van der Waals surface area (Å²) in [7, 11) is 0. The summed E-state index contributed by atoms with van der Waals surface area (Å²) in [6.07, 6.45) is 9.93. The van der Waals surface area contributed by atoms with E-state index in [4.69, 9.17) is 0 Å². The molecule has 1 nitrogen and oxygen atoms in total. The zero-order valence-corrected chi connectivity index (χ0v) is 10.7. The maximum Gasteiger partial charge on any atom is 0.00676 e. The molecule has 0 unspecified atom stereocenters. The average molecular weight is 209 g/mol. The van der Waals surface area contributed by atoms with Crippen LogP contribution in [0.3, 0.4) is 0 Å². The minimum atomic E-state index is 0.610. The van der Waals surface area contributed by atoms with E-state index >= 15 is 0 Å². The lowest BCUT2D eigenvalue weighted by molar-refractivity contribution is 0.134. The molecule has 0 spiro atoms. The van der Waals surface area contributed by atoms with Crippen LogP contribution in [0.1, 0.15) is 65.7 Å². The van der Waals surface area contributed by atoms with E-state index in [1.807, 2.05) is 0 Å². The molecule has 0 aromatic carbocycles. The highest BCUT2D eigenvalue weighted by atomic mass is 14.9. The van der Waals surface area contributed by atoms with E-state index in [0.29, 0.717) is 10.8 Å². The highest BCUT2D eigenvalue weighted by Crippen LogP contribution is 2.40. The topological polar surface area (TPSA) is 12.0 Å². The standard InChI is InChI=1S/C14H27N/c1-13(2)9-5-12(6-10-13)15-11-14(3)7-4-8-14/h12,15H,4-11H2,1-3H3. The van der Waals surface area contributed by atoms with Gasteiger partial charge in [0.2, 0.25) is 0 Å². The van der Waals surface area contributed by atoms with E-state index in [-0.39, 0.29) is 0 Å². The molecule has 1 N–H and O–H groups in total. The normalized spacial score (nSPS) is 29.8. The third-order valence-corrected chi connectivity index (χ3v) is 4.72. The molecule has 0 aromatic rings. The lowest BCUT2D eigenvalue weighted by atomic mass is 9.70. The molecule has 0 aromatic heterocycles. The van der Waals surface area contributed by atoms with Gasteiger partial charge in [0, 0.05) is 12.6 Å². The monoisotopic (exact) mass is 209 g/mol. The van der Waals surface area contributed by atoms with E-state index in [1.165, 1.54) is 51.5 Å². The number of hydrogen-bond donors (Lipinski definition) is 1. The summed E-state index contributed by atoms with van der Waals surface area (Å²) >= 11 is 0. The Morgan fingerprint density at radius 3 is 2.07 bits per heavy atom. The van der Waals surface area contributed by atoms with Crippen LogP contribution >= 0.6 is 0 Å². The zero-order valence-electron chi connectivity index (χ0n) is 10.7. The highest BCUT2D eigenvalue weighted by molar-refractivity contribution is 4.88. The molecule has 0 heterocycles. The van der Waals surface area contributed by atoms with Gasteiger partial charge in [0.15, 0.2) is 0 Å². The van der Waals surface area contributed by atoms with Crippen LogP contribution in [0.5, 0.6) is 0 Å². The van der Waals surface area contributed by atoms with Crippen molar-refractivity contribution < 1.29 is 0 Å². The largest absolute Gasteiger partial charge is 0.313 e. The van der Waals surface area contributed by atoms with Gasteiger partial charge < -0.3 is 5.32 Å². The van der Waals surface area contributed by atoms with E-state index in [2.05, 4.69) is 26.1 Å². The Hall–Kier alpha value is -0.0400. The fourth-order valence-electron chi connectivity index (χ4n) is 2.95. The van der Waals surface area contributed by atoms with E-state index < -0.39 is 0 Å². The summed E-state index contributed by atoms with van der Waals surface area (Å²) in [6, 6.07) is 0.815. The predicted octanol–water partition coefficient (Wildman–Crippen LogP) is 3.74. The molecule has 1 heteroatoms. The van der Waals surface area contributed by atoms with Gasteiger partial charge in [0.1, 0.15) is 0 Å². The second-order valence-corrected chi connectivity index (χ2v) is 6.98. The van der Waals surface area contributed by atoms with Crippen molar-refractivity contribution in [3.8, 4) is 0 Å². The molecular formula is C14H27N. The second-order valence-electron chi connectivity index (χ2n) is 6.98. The third kappa shape index (κ3) is 2.96. The second kappa shape index (κ2) is 4.08. The molecule has 2 aliphatic rings. The SMILES string of the molecule is CC1(C)CCC(NCC2(C)CCC2)CC1. The maximum atomic E-state index is 3.80. The van der Waals surface area contributed by atoms with Gasteiger partial charge in [-0.2, -0.15) is 0 Å². The molecule has 2 fully saturated rings. The first kappa shape index (κ1) is 11.4. The van der Waals surface area contributed by atoms with Gasteiger partial charge in [0.05, 0.1) is 0 Å². The fourth-order valence-corrected chi connectivity index (χ4v) is 2.95. The predicted molar refractivity (Wildman–Crippen MR) is 66.0 cm³/mol. The van der Waals surface area contributed by atoms with Gasteiger partial charge in [-0.1, -0.05) is 27.2 Å². The Bertz CT molecular complexity index is 205. The molecule has 0 amide bonds. The quantitative estimate of drug-likeness (QED) is 0.746. The Kier molecular flexibility index (Phi) is 3.12. The van der Waals surface area contributed by atoms with Crippen molar-refractivity contribution >= 4 is 0 Å². The average Bonchev–Trinajstić information content (AvgIpc) is 2.13. The molecule has 0 saturated heterocycles. The highest BCUT2D eigenvalue weighted by Gasteiger charge is 2.33. The molecule has 0 atom stereocenters. The van der Waals surface area contributed by atoms with Crippen molar-refractivity contribution in [3.63, 3.8) is 0 Å². The Balaban J connectivity index is 1.68. The summed E-state index contributed by atoms with van der Waals surface area (Å²) in [4.78, 5) is 0. The number of hydrogen-bond acceptors (Lipinski definition) is 1. The Morgan fingerprint density at radius 1 is 1.00 bits per heavy atom. The first-order valence-electron chi connectivity index (χ1n) is 6.73. The zero-order chi connectivity index (χ0) is 10.9. The molecular weight excluding hydrogens is 182 g/mol. The van der Waals surface area contributed by atoms with Crippen molar-refractivity contribution in [3.05, 3.63) is 0 Å². The summed E-state index contributed by atoms with van der Waals surface area (Å²) < 4.78 is 0. The molecule has 15 heavy (non-hydrogen) atoms. The molecule has 0 bridgehead atoms. The van der Waals surface area contributed by atoms with Gasteiger partial charge in [0.25, 0.3) is 0 Å². The van der Waals surface area contributed by atoms with E-state index in [1.54, 1.807) is 0 Å². The summed E-state index contributed by atoms with van der Waals surface area (Å²) in [5.74, 6) is 0. The van der Waals surface area contributed by atoms with Gasteiger partial charge in [-0.15, -0.1) is 0 Å². The molecule has 0 radical (unpaired) electrons. The lowest BCUT2D eigenvalue weighted by Gasteiger charge is -2.41. The van der Waals surface area contributed by atoms with Crippen LogP contribution in [0.25, 0.3) is 0 Å². The van der Waals surface area contributed by atoms with Crippen molar-refractivity contribution in [1.82, 2.24) is 5.32 Å². The van der Waals surface area contributed by atoms with Gasteiger partial charge >= 0.3 is 0 Å². The van der Waals surface area contributed by atoms with Gasteiger partial charge in [-0.25, -0.2) is 0 Å². The van der Waals surface area contributed by atoms with E-state index in [9.17, 15) is 0 Å². The maximum absolute atomic E-state index is 3.80. The van der Waals surface area contributed by atoms with Gasteiger partial charge in [-0.05, 0) is 49.4 Å². The lowest BCUT2D eigenvalue weighted by Crippen LogP contribution is -2.43. The molecule has 0 aliphatic heterocycles. The van der Waals surface area contributed by atoms with Crippen LogP contribution < -0.4 is 5.32 Å². The van der Waals surface area contributed by atoms with E-state index in [0.717, 1.165) is 6.04 Å². The van der Waals surface area contributed by atoms with Crippen molar-refractivity contribution in [2.75, 3.05) is 6.54 Å². The summed E-state index contributed by atoms with van der Waals surface area (Å²) in [5, 5.41) is 3.80. The first-order valence-corrected chi connectivity index (χ1v) is 6.73. The number of nitrogens with one attached hydrogen (secondary N) is 1. The fraction of sp³-hybridized carbons (Fsp3) is 1.00. The van der Waals surface area contributed by atoms with Crippen LogP contribution in [0.2, 0.25) is 0 Å². The molecule has 2 aliphatic carbocycles. The molecule has 2 rings (SSSR count). The number of rotatable bonds is 3. The van der Waals surface area contributed by atoms with Crippen molar-refractivity contribution in [2.45, 2.75) is 71.8 Å². The van der Waals surface area contributed by atoms with Crippen molar-refractivity contribution in [2.24, 2.45) is 10.8 Å². The first-order chi connectivity index (χ1) is 6.99. The Morgan fingerprint density at radius 2 is 1.60 bits per heavy atom. The van der Waals surface area contributed by atoms with Crippen LogP contribution in [0, 0.1) is 10.8 Å². The molecule has 2 saturated carbocycles. The smallest absolute Gasteiger partial charge is 0.00676 e. The van der Waals surface area contributed by atoms with Crippen LogP contribution in [-0.2, 0) is 0 Å². The van der Waals surface area contributed by atoms with Crippen molar-refractivity contribution in [1.29, 1.82) is 0 Å². The van der Waals surface area contributed by atoms with Crippen LogP contribution in [0.4, 0.5) is 0 Å². The molecule has 88 valence electrons. The minimum Gasteiger partial charge on any atom is -0.313 e. The van der Waals surface area contributed by atoms with Gasteiger partial charge in [-0.3, -0.25) is 0 Å². The minimum absolute atomic E-state index is 0.610. The van der Waals surface area contributed by atoms with Crippen LogP contribution in [0.15, 0.2) is 0 Å².